The molecule has 2 heterocycles. The molecule has 1 aromatic heterocycles. The fourth-order valence-corrected chi connectivity index (χ4v) is 3.51. The molecule has 0 atom stereocenters. The predicted molar refractivity (Wildman–Crippen MR) is 95.9 cm³/mol. The Hall–Kier alpha value is -2.71. The molecule has 5 nitrogen and oxygen atoms in total. The van der Waals surface area contributed by atoms with Gasteiger partial charge in [-0.3, -0.25) is 9.36 Å². The predicted octanol–water partition coefficient (Wildman–Crippen LogP) is 4.56. The van der Waals surface area contributed by atoms with Gasteiger partial charge in [-0.15, -0.1) is 20.1 Å². The fourth-order valence-electron chi connectivity index (χ4n) is 2.55. The quantitative estimate of drug-likeness (QED) is 0.624. The highest BCUT2D eigenvalue weighted by molar-refractivity contribution is 7.09. The molecule has 0 unspecified atom stereocenters. The third kappa shape index (κ3) is 3.58. The zero-order chi connectivity index (χ0) is 19.2. The molecule has 3 aromatic rings. The van der Waals surface area contributed by atoms with E-state index in [0.717, 1.165) is 4.88 Å². The van der Waals surface area contributed by atoms with E-state index in [4.69, 9.17) is 11.6 Å². The first-order valence-electron chi connectivity index (χ1n) is 7.75. The average molecular weight is 409 g/mol. The van der Waals surface area contributed by atoms with Gasteiger partial charge in [0.1, 0.15) is 0 Å². The second-order valence-corrected chi connectivity index (χ2v) is 7.37. The van der Waals surface area contributed by atoms with Crippen molar-refractivity contribution in [1.29, 1.82) is 0 Å². The summed E-state index contributed by atoms with van der Waals surface area (Å²) in [5.74, 6) is -0.564. The number of thiazole rings is 1. The van der Waals surface area contributed by atoms with Gasteiger partial charge in [0.25, 0.3) is 5.91 Å². The monoisotopic (exact) mass is 408 g/mol. The maximum atomic E-state index is 13.2. The van der Waals surface area contributed by atoms with Crippen LogP contribution in [0.5, 0.6) is 11.5 Å². The van der Waals surface area contributed by atoms with Gasteiger partial charge in [-0.1, -0.05) is 11.6 Å². The zero-order valence-corrected chi connectivity index (χ0v) is 15.4. The Morgan fingerprint density at radius 2 is 1.85 bits per heavy atom. The van der Waals surface area contributed by atoms with Crippen LogP contribution in [0.3, 0.4) is 0 Å². The molecule has 1 aliphatic rings. The van der Waals surface area contributed by atoms with Crippen LogP contribution in [0.2, 0.25) is 5.02 Å². The van der Waals surface area contributed by atoms with Gasteiger partial charge in [0, 0.05) is 27.7 Å². The summed E-state index contributed by atoms with van der Waals surface area (Å²) in [6, 6.07) is 10.8. The number of rotatable bonds is 2. The van der Waals surface area contributed by atoms with Crippen molar-refractivity contribution in [3.8, 4) is 17.2 Å². The Kier molecular flexibility index (Phi) is 4.24. The van der Waals surface area contributed by atoms with Crippen LogP contribution >= 0.6 is 22.9 Å². The smallest absolute Gasteiger partial charge is 0.395 e. The Morgan fingerprint density at radius 3 is 2.59 bits per heavy atom. The van der Waals surface area contributed by atoms with Gasteiger partial charge in [-0.25, -0.2) is 0 Å². The summed E-state index contributed by atoms with van der Waals surface area (Å²) in [5, 5.41) is 0.519. The second kappa shape index (κ2) is 6.47. The molecule has 0 saturated heterocycles. The summed E-state index contributed by atoms with van der Waals surface area (Å²) in [4.78, 5) is 17.9. The topological polar surface area (TPSA) is 52.8 Å². The number of alkyl halides is 2. The third-order valence-electron chi connectivity index (χ3n) is 3.72. The van der Waals surface area contributed by atoms with Crippen LogP contribution in [0.1, 0.15) is 15.2 Å². The SMILES string of the molecule is Cc1cn(-c2ccc3c(c2)OC(F)(F)O3)c(=NC(=O)c2ccc(Cl)cc2)s1. The number of carbonyl (C=O) groups excluding carboxylic acids is 1. The largest absolute Gasteiger partial charge is 0.586 e. The molecule has 0 radical (unpaired) electrons. The number of benzene rings is 2. The van der Waals surface area contributed by atoms with E-state index in [9.17, 15) is 13.6 Å². The standard InChI is InChI=1S/C18H11ClF2N2O3S/c1-10-9-23(13-6-7-14-15(8-13)26-18(20,21)25-14)17(27-10)22-16(24)11-2-4-12(19)5-3-11/h2-9H,1H3. The van der Waals surface area contributed by atoms with Gasteiger partial charge in [-0.2, -0.15) is 4.99 Å². The van der Waals surface area contributed by atoms with Crippen molar-refractivity contribution >= 4 is 28.8 Å². The molecule has 0 bridgehead atoms. The highest BCUT2D eigenvalue weighted by atomic mass is 35.5. The van der Waals surface area contributed by atoms with Gasteiger partial charge in [0.15, 0.2) is 16.3 Å². The summed E-state index contributed by atoms with van der Waals surface area (Å²) in [6.45, 7) is 1.86. The van der Waals surface area contributed by atoms with Gasteiger partial charge in [0.2, 0.25) is 0 Å². The average Bonchev–Trinajstić information content (AvgIpc) is 3.12. The van der Waals surface area contributed by atoms with Crippen LogP contribution in [0, 0.1) is 6.92 Å². The van der Waals surface area contributed by atoms with Crippen molar-refractivity contribution in [3.63, 3.8) is 0 Å². The minimum atomic E-state index is -3.69. The first-order valence-corrected chi connectivity index (χ1v) is 8.94. The number of nitrogens with zero attached hydrogens (tertiary/aromatic N) is 2. The highest BCUT2D eigenvalue weighted by Crippen LogP contribution is 2.41. The number of halogens is 3. The number of amides is 1. The molecule has 4 rings (SSSR count). The lowest BCUT2D eigenvalue weighted by molar-refractivity contribution is -0.286. The molecule has 27 heavy (non-hydrogen) atoms. The van der Waals surface area contributed by atoms with E-state index in [1.807, 2.05) is 6.92 Å². The Balaban J connectivity index is 1.74. The summed E-state index contributed by atoms with van der Waals surface area (Å²) in [5.41, 5.74) is 0.907. The maximum absolute atomic E-state index is 13.2. The number of carbonyl (C=O) groups is 1. The van der Waals surface area contributed by atoms with E-state index in [2.05, 4.69) is 14.5 Å². The van der Waals surface area contributed by atoms with Crippen LogP contribution < -0.4 is 14.3 Å². The van der Waals surface area contributed by atoms with Crippen molar-refractivity contribution in [2.75, 3.05) is 0 Å². The lowest BCUT2D eigenvalue weighted by Gasteiger charge is -2.05. The molecule has 0 aliphatic carbocycles. The fraction of sp³-hybridized carbons (Fsp3) is 0.111. The van der Waals surface area contributed by atoms with Crippen molar-refractivity contribution < 1.29 is 23.0 Å². The van der Waals surface area contributed by atoms with Crippen LogP contribution in [0.25, 0.3) is 5.69 Å². The summed E-state index contributed by atoms with van der Waals surface area (Å²) in [7, 11) is 0. The summed E-state index contributed by atoms with van der Waals surface area (Å²) >= 11 is 7.13. The molecule has 1 aliphatic heterocycles. The number of ether oxygens (including phenoxy) is 2. The Labute approximate surface area is 161 Å². The first-order chi connectivity index (χ1) is 12.8. The van der Waals surface area contributed by atoms with E-state index in [0.29, 0.717) is 21.1 Å². The number of aromatic nitrogens is 1. The van der Waals surface area contributed by atoms with Gasteiger partial charge >= 0.3 is 6.29 Å². The van der Waals surface area contributed by atoms with Crippen LogP contribution in [0.15, 0.2) is 53.7 Å². The van der Waals surface area contributed by atoms with E-state index in [-0.39, 0.29) is 11.5 Å². The maximum Gasteiger partial charge on any atom is 0.586 e. The van der Waals surface area contributed by atoms with E-state index >= 15 is 0 Å². The molecule has 1 amide bonds. The molecule has 0 N–H and O–H groups in total. The summed E-state index contributed by atoms with van der Waals surface area (Å²) in [6.07, 6.45) is -1.93. The Bertz CT molecular complexity index is 1110. The second-order valence-electron chi connectivity index (χ2n) is 5.72. The van der Waals surface area contributed by atoms with Crippen LogP contribution in [-0.2, 0) is 0 Å². The van der Waals surface area contributed by atoms with Gasteiger partial charge in [0.05, 0.1) is 5.69 Å². The number of fused-ring (bicyclic) bond motifs is 1. The van der Waals surface area contributed by atoms with Crippen molar-refractivity contribution in [3.05, 3.63) is 68.9 Å². The Morgan fingerprint density at radius 1 is 1.15 bits per heavy atom. The molecular formula is C18H11ClF2N2O3S. The lowest BCUT2D eigenvalue weighted by Crippen LogP contribution is -2.25. The molecule has 138 valence electrons. The van der Waals surface area contributed by atoms with E-state index in [1.165, 1.54) is 23.5 Å². The lowest BCUT2D eigenvalue weighted by atomic mass is 10.2. The number of hydrogen-bond acceptors (Lipinski definition) is 4. The minimum absolute atomic E-state index is 0.0490. The minimum Gasteiger partial charge on any atom is -0.395 e. The van der Waals surface area contributed by atoms with E-state index < -0.39 is 12.2 Å². The molecule has 0 spiro atoms. The highest BCUT2D eigenvalue weighted by Gasteiger charge is 2.43. The first kappa shape index (κ1) is 17.7. The van der Waals surface area contributed by atoms with Crippen LogP contribution in [0.4, 0.5) is 8.78 Å². The van der Waals surface area contributed by atoms with Crippen molar-refractivity contribution in [2.45, 2.75) is 13.2 Å². The number of hydrogen-bond donors (Lipinski definition) is 0. The summed E-state index contributed by atoms with van der Waals surface area (Å²) < 4.78 is 37.0. The third-order valence-corrected chi connectivity index (χ3v) is 4.87. The van der Waals surface area contributed by atoms with Crippen LogP contribution in [-0.4, -0.2) is 16.8 Å². The van der Waals surface area contributed by atoms with Gasteiger partial charge in [-0.05, 0) is 43.3 Å². The molecule has 9 heteroatoms. The molecular weight excluding hydrogens is 398 g/mol. The van der Waals surface area contributed by atoms with Crippen molar-refractivity contribution in [1.82, 2.24) is 4.57 Å². The zero-order valence-electron chi connectivity index (χ0n) is 13.8. The van der Waals surface area contributed by atoms with E-state index in [1.54, 1.807) is 41.1 Å². The molecule has 2 aromatic carbocycles. The van der Waals surface area contributed by atoms with Gasteiger partial charge < -0.3 is 9.47 Å². The number of aryl methyl sites for hydroxylation is 1. The molecule has 0 saturated carbocycles. The molecule has 0 fully saturated rings. The normalized spacial score (nSPS) is 15.2. The van der Waals surface area contributed by atoms with Crippen molar-refractivity contribution in [2.24, 2.45) is 4.99 Å².